The van der Waals surface area contributed by atoms with Gasteiger partial charge < -0.3 is 5.43 Å². The second kappa shape index (κ2) is 5.69. The Hall–Kier alpha value is -1.43. The van der Waals surface area contributed by atoms with Gasteiger partial charge in [-0.25, -0.2) is 10.8 Å². The summed E-state index contributed by atoms with van der Waals surface area (Å²) in [5.41, 5.74) is 5.23. The number of nitrogens with one attached hydrogen (secondary N) is 1. The van der Waals surface area contributed by atoms with Crippen molar-refractivity contribution in [1.29, 1.82) is 0 Å². The first-order chi connectivity index (χ1) is 9.36. The molecule has 3 rings (SSSR count). The normalized spacial score (nSPS) is 14.8. The van der Waals surface area contributed by atoms with Crippen molar-refractivity contribution in [2.45, 2.75) is 32.0 Å². The monoisotopic (exact) mass is 274 g/mol. The summed E-state index contributed by atoms with van der Waals surface area (Å²) in [4.78, 5) is 6.78. The van der Waals surface area contributed by atoms with E-state index in [4.69, 9.17) is 5.84 Å². The third-order valence-electron chi connectivity index (χ3n) is 3.43. The fourth-order valence-corrected chi connectivity index (χ4v) is 2.95. The van der Waals surface area contributed by atoms with Crippen LogP contribution in [0.4, 0.5) is 5.82 Å². The summed E-state index contributed by atoms with van der Waals surface area (Å²) < 4.78 is 0. The van der Waals surface area contributed by atoms with Crippen molar-refractivity contribution < 1.29 is 0 Å². The third kappa shape index (κ3) is 3.12. The van der Waals surface area contributed by atoms with E-state index < -0.39 is 0 Å². The van der Waals surface area contributed by atoms with Crippen LogP contribution in [0.25, 0.3) is 0 Å². The van der Waals surface area contributed by atoms with Crippen molar-refractivity contribution in [1.82, 2.24) is 9.88 Å². The maximum Gasteiger partial charge on any atom is 0.144 e. The topological polar surface area (TPSA) is 54.2 Å². The molecule has 19 heavy (non-hydrogen) atoms. The van der Waals surface area contributed by atoms with Gasteiger partial charge in [0.25, 0.3) is 0 Å². The number of nitrogens with zero attached hydrogens (tertiary/aromatic N) is 2. The zero-order valence-electron chi connectivity index (χ0n) is 10.7. The van der Waals surface area contributed by atoms with Gasteiger partial charge in [0, 0.05) is 30.9 Å². The number of rotatable bonds is 6. The molecule has 0 radical (unpaired) electrons. The third-order valence-corrected chi connectivity index (χ3v) is 4.16. The molecule has 1 aliphatic rings. The predicted molar refractivity (Wildman–Crippen MR) is 78.6 cm³/mol. The van der Waals surface area contributed by atoms with Gasteiger partial charge in [-0.15, -0.1) is 0 Å². The van der Waals surface area contributed by atoms with E-state index in [0.717, 1.165) is 24.5 Å². The Morgan fingerprint density at radius 2 is 2.26 bits per heavy atom. The van der Waals surface area contributed by atoms with Crippen LogP contribution in [0.5, 0.6) is 0 Å². The minimum Gasteiger partial charge on any atom is -0.308 e. The van der Waals surface area contributed by atoms with Crippen LogP contribution in [-0.4, -0.2) is 15.9 Å². The van der Waals surface area contributed by atoms with Crippen LogP contribution in [0.2, 0.25) is 0 Å². The van der Waals surface area contributed by atoms with Gasteiger partial charge in [-0.2, -0.15) is 11.3 Å². The van der Waals surface area contributed by atoms with Crippen molar-refractivity contribution in [3.05, 3.63) is 46.3 Å². The smallest absolute Gasteiger partial charge is 0.144 e. The fraction of sp³-hybridized carbons (Fsp3) is 0.357. The number of thiophene rings is 1. The fourth-order valence-electron chi connectivity index (χ4n) is 2.29. The molecule has 0 saturated heterocycles. The Bertz CT molecular complexity index is 522. The lowest BCUT2D eigenvalue weighted by Gasteiger charge is -2.22. The average molecular weight is 274 g/mol. The van der Waals surface area contributed by atoms with Crippen molar-refractivity contribution in [3.63, 3.8) is 0 Å². The van der Waals surface area contributed by atoms with E-state index in [2.05, 4.69) is 38.2 Å². The molecule has 2 aromatic heterocycles. The molecule has 0 bridgehead atoms. The largest absolute Gasteiger partial charge is 0.308 e. The number of anilines is 1. The minimum atomic E-state index is 0.714. The molecule has 0 unspecified atom stereocenters. The summed E-state index contributed by atoms with van der Waals surface area (Å²) in [7, 11) is 0. The Morgan fingerprint density at radius 1 is 1.37 bits per heavy atom. The van der Waals surface area contributed by atoms with Crippen molar-refractivity contribution in [2.75, 3.05) is 5.43 Å². The van der Waals surface area contributed by atoms with Crippen LogP contribution in [0, 0.1) is 0 Å². The molecule has 3 N–H and O–H groups in total. The molecule has 4 nitrogen and oxygen atoms in total. The average Bonchev–Trinajstić information content (AvgIpc) is 3.17. The lowest BCUT2D eigenvalue weighted by molar-refractivity contribution is 0.246. The highest BCUT2D eigenvalue weighted by Crippen LogP contribution is 2.31. The highest BCUT2D eigenvalue weighted by Gasteiger charge is 2.29. The number of hydrogen-bond donors (Lipinski definition) is 2. The van der Waals surface area contributed by atoms with Gasteiger partial charge >= 0.3 is 0 Å². The number of aromatic nitrogens is 1. The van der Waals surface area contributed by atoms with E-state index in [-0.39, 0.29) is 0 Å². The van der Waals surface area contributed by atoms with Crippen LogP contribution < -0.4 is 11.3 Å². The van der Waals surface area contributed by atoms with E-state index >= 15 is 0 Å². The molecule has 5 heteroatoms. The number of hydrogen-bond acceptors (Lipinski definition) is 5. The van der Waals surface area contributed by atoms with E-state index in [1.54, 1.807) is 17.5 Å². The van der Waals surface area contributed by atoms with E-state index in [9.17, 15) is 0 Å². The summed E-state index contributed by atoms with van der Waals surface area (Å²) in [6, 6.07) is 6.97. The molecular formula is C14H18N4S. The first-order valence-electron chi connectivity index (χ1n) is 6.52. The quantitative estimate of drug-likeness (QED) is 0.628. The van der Waals surface area contributed by atoms with Crippen LogP contribution in [-0.2, 0) is 13.1 Å². The number of hydrazine groups is 1. The summed E-state index contributed by atoms with van der Waals surface area (Å²) in [5, 5.41) is 4.36. The molecule has 100 valence electrons. The lowest BCUT2D eigenvalue weighted by atomic mass is 10.2. The molecule has 1 aliphatic carbocycles. The summed E-state index contributed by atoms with van der Waals surface area (Å²) in [6.07, 6.45) is 4.37. The zero-order chi connectivity index (χ0) is 13.1. The zero-order valence-corrected chi connectivity index (χ0v) is 11.6. The van der Waals surface area contributed by atoms with E-state index in [1.807, 2.05) is 6.07 Å². The van der Waals surface area contributed by atoms with Gasteiger partial charge in [-0.05, 0) is 41.3 Å². The molecule has 1 saturated carbocycles. The van der Waals surface area contributed by atoms with Crippen LogP contribution in [0.3, 0.4) is 0 Å². The second-order valence-electron chi connectivity index (χ2n) is 4.92. The van der Waals surface area contributed by atoms with Gasteiger partial charge in [0.15, 0.2) is 0 Å². The number of nitrogen functional groups attached to an aromatic ring is 1. The maximum atomic E-state index is 5.52. The minimum absolute atomic E-state index is 0.714. The summed E-state index contributed by atoms with van der Waals surface area (Å²) in [5.74, 6) is 6.30. The molecular weight excluding hydrogens is 256 g/mol. The van der Waals surface area contributed by atoms with Gasteiger partial charge in [0.2, 0.25) is 0 Å². The molecule has 2 heterocycles. The number of nitrogens with two attached hydrogens (primary N) is 1. The molecule has 0 atom stereocenters. The lowest BCUT2D eigenvalue weighted by Crippen LogP contribution is -2.26. The standard InChI is InChI=1S/C14H18N4S/c15-17-14-12(2-1-6-16-14)9-18(13-3-4-13)8-11-5-7-19-10-11/h1-2,5-7,10,13H,3-4,8-9,15H2,(H,16,17). The SMILES string of the molecule is NNc1ncccc1CN(Cc1ccsc1)C1CC1. The van der Waals surface area contributed by atoms with E-state index in [0.29, 0.717) is 6.04 Å². The summed E-state index contributed by atoms with van der Waals surface area (Å²) >= 11 is 1.76. The van der Waals surface area contributed by atoms with Crippen molar-refractivity contribution in [2.24, 2.45) is 5.84 Å². The predicted octanol–water partition coefficient (Wildman–Crippen LogP) is 2.59. The molecule has 0 amide bonds. The maximum absolute atomic E-state index is 5.52. The first-order valence-corrected chi connectivity index (χ1v) is 7.46. The Morgan fingerprint density at radius 3 is 2.95 bits per heavy atom. The molecule has 0 aromatic carbocycles. The van der Waals surface area contributed by atoms with Crippen LogP contribution >= 0.6 is 11.3 Å². The van der Waals surface area contributed by atoms with Gasteiger partial charge in [-0.3, -0.25) is 4.90 Å². The van der Waals surface area contributed by atoms with E-state index in [1.165, 1.54) is 18.4 Å². The van der Waals surface area contributed by atoms with Crippen LogP contribution in [0.1, 0.15) is 24.0 Å². The highest BCUT2D eigenvalue weighted by atomic mass is 32.1. The highest BCUT2D eigenvalue weighted by molar-refractivity contribution is 7.07. The molecule has 0 spiro atoms. The Balaban J connectivity index is 1.74. The number of pyridine rings is 1. The Labute approximate surface area is 117 Å². The molecule has 0 aliphatic heterocycles. The Kier molecular flexibility index (Phi) is 3.77. The first kappa shape index (κ1) is 12.6. The van der Waals surface area contributed by atoms with Gasteiger partial charge in [-0.1, -0.05) is 6.07 Å². The van der Waals surface area contributed by atoms with Gasteiger partial charge in [0.1, 0.15) is 5.82 Å². The molecule has 1 fully saturated rings. The van der Waals surface area contributed by atoms with Crippen LogP contribution in [0.15, 0.2) is 35.2 Å². The molecule has 2 aromatic rings. The second-order valence-corrected chi connectivity index (χ2v) is 5.70. The summed E-state index contributed by atoms with van der Waals surface area (Å²) in [6.45, 7) is 1.90. The van der Waals surface area contributed by atoms with Gasteiger partial charge in [0.05, 0.1) is 0 Å². The van der Waals surface area contributed by atoms with Crippen molar-refractivity contribution >= 4 is 17.2 Å². The van der Waals surface area contributed by atoms with Crippen molar-refractivity contribution in [3.8, 4) is 0 Å².